The zero-order chi connectivity index (χ0) is 12.0. The molecule has 0 saturated carbocycles. The van der Waals surface area contributed by atoms with Gasteiger partial charge in [-0.15, -0.1) is 0 Å². The van der Waals surface area contributed by atoms with E-state index in [0.29, 0.717) is 5.75 Å². The standard InChI is InChI=1S/C10H14BNO4/c1-8(10(13)12-7-11(14)15)16-9-5-3-2-4-6-9/h2-6,8,14-15H,7H2,1H3,(H,12,13). The van der Waals surface area contributed by atoms with Crippen molar-refractivity contribution in [1.82, 2.24) is 5.32 Å². The lowest BCUT2D eigenvalue weighted by molar-refractivity contribution is -0.127. The third kappa shape index (κ3) is 4.33. The predicted molar refractivity (Wildman–Crippen MR) is 59.7 cm³/mol. The molecule has 1 amide bonds. The van der Waals surface area contributed by atoms with Gasteiger partial charge in [-0.1, -0.05) is 18.2 Å². The van der Waals surface area contributed by atoms with Crippen LogP contribution in [0.15, 0.2) is 30.3 Å². The quantitative estimate of drug-likeness (QED) is 0.592. The molecule has 1 aromatic carbocycles. The van der Waals surface area contributed by atoms with Gasteiger partial charge in [0.25, 0.3) is 5.91 Å². The summed E-state index contributed by atoms with van der Waals surface area (Å²) in [5.41, 5.74) is 0. The van der Waals surface area contributed by atoms with E-state index in [1.165, 1.54) is 0 Å². The SMILES string of the molecule is CC(Oc1ccccc1)C(=O)NCB(O)O. The number of carbonyl (C=O) groups excluding carboxylic acids is 1. The van der Waals surface area contributed by atoms with Crippen molar-refractivity contribution >= 4 is 13.0 Å². The van der Waals surface area contributed by atoms with Crippen LogP contribution in [0, 0.1) is 0 Å². The molecule has 0 radical (unpaired) electrons. The van der Waals surface area contributed by atoms with Gasteiger partial charge < -0.3 is 20.1 Å². The number of hydrogen-bond donors (Lipinski definition) is 3. The van der Waals surface area contributed by atoms with Gasteiger partial charge in [-0.3, -0.25) is 4.79 Å². The van der Waals surface area contributed by atoms with Crippen LogP contribution < -0.4 is 10.1 Å². The van der Waals surface area contributed by atoms with Crippen LogP contribution in [0.4, 0.5) is 0 Å². The first-order chi connectivity index (χ1) is 7.59. The van der Waals surface area contributed by atoms with Crippen LogP contribution in [0.5, 0.6) is 5.75 Å². The highest BCUT2D eigenvalue weighted by Gasteiger charge is 2.16. The summed E-state index contributed by atoms with van der Waals surface area (Å²) in [5, 5.41) is 19.5. The number of benzene rings is 1. The second-order valence-electron chi connectivity index (χ2n) is 3.30. The molecule has 6 heteroatoms. The average molecular weight is 223 g/mol. The molecule has 0 heterocycles. The second-order valence-corrected chi connectivity index (χ2v) is 3.30. The smallest absolute Gasteiger partial charge is 0.472 e. The summed E-state index contributed by atoms with van der Waals surface area (Å²) < 4.78 is 5.33. The van der Waals surface area contributed by atoms with E-state index in [1.807, 2.05) is 6.07 Å². The van der Waals surface area contributed by atoms with Gasteiger partial charge in [0.05, 0.1) is 6.44 Å². The Morgan fingerprint density at radius 1 is 1.44 bits per heavy atom. The van der Waals surface area contributed by atoms with Gasteiger partial charge >= 0.3 is 7.12 Å². The van der Waals surface area contributed by atoms with Crippen LogP contribution >= 0.6 is 0 Å². The molecule has 0 aliphatic heterocycles. The molecule has 0 fully saturated rings. The Hall–Kier alpha value is -1.53. The fraction of sp³-hybridized carbons (Fsp3) is 0.300. The monoisotopic (exact) mass is 223 g/mol. The minimum Gasteiger partial charge on any atom is -0.481 e. The Morgan fingerprint density at radius 3 is 2.62 bits per heavy atom. The van der Waals surface area contributed by atoms with E-state index in [2.05, 4.69) is 5.32 Å². The molecule has 5 nitrogen and oxygen atoms in total. The molecule has 16 heavy (non-hydrogen) atoms. The number of para-hydroxylation sites is 1. The summed E-state index contributed by atoms with van der Waals surface area (Å²) in [4.78, 5) is 11.4. The van der Waals surface area contributed by atoms with Gasteiger partial charge in [0.2, 0.25) is 0 Å². The summed E-state index contributed by atoms with van der Waals surface area (Å²) >= 11 is 0. The maximum absolute atomic E-state index is 11.4. The zero-order valence-electron chi connectivity index (χ0n) is 8.96. The van der Waals surface area contributed by atoms with E-state index in [9.17, 15) is 4.79 Å². The van der Waals surface area contributed by atoms with Crippen molar-refractivity contribution in [2.75, 3.05) is 6.44 Å². The Kier molecular flexibility index (Phi) is 4.82. The van der Waals surface area contributed by atoms with Crippen LogP contribution in [-0.4, -0.2) is 35.6 Å². The summed E-state index contributed by atoms with van der Waals surface area (Å²) in [6, 6.07) is 8.93. The van der Waals surface area contributed by atoms with E-state index >= 15 is 0 Å². The van der Waals surface area contributed by atoms with Gasteiger partial charge in [0.1, 0.15) is 5.75 Å². The van der Waals surface area contributed by atoms with Crippen LogP contribution in [0.1, 0.15) is 6.92 Å². The predicted octanol–water partition coefficient (Wildman–Crippen LogP) is -0.418. The molecule has 0 bridgehead atoms. The Labute approximate surface area is 94.2 Å². The molecule has 0 saturated heterocycles. The minimum atomic E-state index is -1.55. The van der Waals surface area contributed by atoms with Crippen LogP contribution in [0.2, 0.25) is 0 Å². The molecule has 1 aromatic rings. The van der Waals surface area contributed by atoms with Gasteiger partial charge in [0, 0.05) is 0 Å². The number of carbonyl (C=O) groups is 1. The Bertz CT molecular complexity index is 331. The maximum atomic E-state index is 11.4. The van der Waals surface area contributed by atoms with E-state index in [0.717, 1.165) is 0 Å². The van der Waals surface area contributed by atoms with Gasteiger partial charge in [-0.25, -0.2) is 0 Å². The molecular formula is C10H14BNO4. The Morgan fingerprint density at radius 2 is 2.06 bits per heavy atom. The molecule has 0 aliphatic carbocycles. The topological polar surface area (TPSA) is 78.8 Å². The van der Waals surface area contributed by atoms with Crippen molar-refractivity contribution in [2.45, 2.75) is 13.0 Å². The van der Waals surface area contributed by atoms with Crippen LogP contribution in [-0.2, 0) is 4.79 Å². The van der Waals surface area contributed by atoms with E-state index < -0.39 is 19.1 Å². The normalized spacial score (nSPS) is 11.7. The molecule has 0 spiro atoms. The fourth-order valence-electron chi connectivity index (χ4n) is 1.09. The second kappa shape index (κ2) is 6.14. The van der Waals surface area contributed by atoms with Crippen molar-refractivity contribution in [3.63, 3.8) is 0 Å². The Balaban J connectivity index is 2.40. The van der Waals surface area contributed by atoms with Gasteiger partial charge in [-0.05, 0) is 19.1 Å². The molecule has 0 aromatic heterocycles. The lowest BCUT2D eigenvalue weighted by Gasteiger charge is -2.14. The molecule has 1 rings (SSSR count). The van der Waals surface area contributed by atoms with Crippen molar-refractivity contribution in [3.8, 4) is 5.75 Å². The van der Waals surface area contributed by atoms with Crippen LogP contribution in [0.3, 0.4) is 0 Å². The summed E-state index contributed by atoms with van der Waals surface area (Å²) in [7, 11) is -1.55. The average Bonchev–Trinajstić information content (AvgIpc) is 2.27. The molecule has 1 unspecified atom stereocenters. The highest BCUT2D eigenvalue weighted by atomic mass is 16.5. The maximum Gasteiger partial charge on any atom is 0.472 e. The number of rotatable bonds is 5. The summed E-state index contributed by atoms with van der Waals surface area (Å²) in [6.45, 7) is 1.59. The lowest BCUT2D eigenvalue weighted by atomic mass is 9.92. The number of nitrogens with one attached hydrogen (secondary N) is 1. The van der Waals surface area contributed by atoms with Crippen LogP contribution in [0.25, 0.3) is 0 Å². The van der Waals surface area contributed by atoms with Crippen molar-refractivity contribution in [1.29, 1.82) is 0 Å². The third-order valence-corrected chi connectivity index (χ3v) is 1.88. The largest absolute Gasteiger partial charge is 0.481 e. The molecular weight excluding hydrogens is 209 g/mol. The highest BCUT2D eigenvalue weighted by molar-refractivity contribution is 6.41. The number of hydrogen-bond acceptors (Lipinski definition) is 4. The molecule has 0 aliphatic rings. The summed E-state index contributed by atoms with van der Waals surface area (Å²) in [6.07, 6.45) is -0.887. The zero-order valence-corrected chi connectivity index (χ0v) is 8.96. The van der Waals surface area contributed by atoms with Gasteiger partial charge in [0.15, 0.2) is 6.10 Å². The lowest BCUT2D eigenvalue weighted by Crippen LogP contribution is -2.41. The summed E-state index contributed by atoms with van der Waals surface area (Å²) in [5.74, 6) is 0.201. The number of amides is 1. The fourth-order valence-corrected chi connectivity index (χ4v) is 1.09. The van der Waals surface area contributed by atoms with Crippen molar-refractivity contribution in [3.05, 3.63) is 30.3 Å². The van der Waals surface area contributed by atoms with E-state index in [-0.39, 0.29) is 6.44 Å². The minimum absolute atomic E-state index is 0.207. The van der Waals surface area contributed by atoms with E-state index in [1.54, 1.807) is 31.2 Å². The molecule has 1 atom stereocenters. The first-order valence-corrected chi connectivity index (χ1v) is 4.95. The van der Waals surface area contributed by atoms with Crippen molar-refractivity contribution in [2.24, 2.45) is 0 Å². The third-order valence-electron chi connectivity index (χ3n) is 1.88. The first kappa shape index (κ1) is 12.5. The molecule has 3 N–H and O–H groups in total. The van der Waals surface area contributed by atoms with Gasteiger partial charge in [-0.2, -0.15) is 0 Å². The number of ether oxygens (including phenoxy) is 1. The highest BCUT2D eigenvalue weighted by Crippen LogP contribution is 2.10. The van der Waals surface area contributed by atoms with E-state index in [4.69, 9.17) is 14.8 Å². The first-order valence-electron chi connectivity index (χ1n) is 4.95. The molecule has 86 valence electrons. The van der Waals surface area contributed by atoms with Crippen molar-refractivity contribution < 1.29 is 19.6 Å².